The molecule has 1 saturated heterocycles. The van der Waals surface area contributed by atoms with Crippen LogP contribution in [0.3, 0.4) is 0 Å². The lowest BCUT2D eigenvalue weighted by atomic mass is 10.1. The summed E-state index contributed by atoms with van der Waals surface area (Å²) in [4.78, 5) is 15.4. The standard InChI is InChI=1S/C12H15NO3/c14-12(10-4-6-13-7-5-10)16-9-11-3-1-2-8-15-11/h4-7,11H,1-3,8-9H2. The Hall–Kier alpha value is -1.42. The first kappa shape index (κ1) is 11.1. The largest absolute Gasteiger partial charge is 0.459 e. The maximum absolute atomic E-state index is 11.6. The highest BCUT2D eigenvalue weighted by molar-refractivity contribution is 5.89. The summed E-state index contributed by atoms with van der Waals surface area (Å²) in [6, 6.07) is 3.29. The van der Waals surface area contributed by atoms with Crippen LogP contribution < -0.4 is 0 Å². The lowest BCUT2D eigenvalue weighted by Crippen LogP contribution is -2.25. The van der Waals surface area contributed by atoms with Crippen LogP contribution >= 0.6 is 0 Å². The Morgan fingerprint density at radius 3 is 2.94 bits per heavy atom. The van der Waals surface area contributed by atoms with E-state index in [9.17, 15) is 4.79 Å². The Bertz CT molecular complexity index is 333. The van der Waals surface area contributed by atoms with Crippen molar-refractivity contribution in [1.29, 1.82) is 0 Å². The monoisotopic (exact) mass is 221 g/mol. The van der Waals surface area contributed by atoms with E-state index in [1.807, 2.05) is 0 Å². The van der Waals surface area contributed by atoms with E-state index in [2.05, 4.69) is 4.98 Å². The van der Waals surface area contributed by atoms with Crippen molar-refractivity contribution in [3.05, 3.63) is 30.1 Å². The molecule has 0 radical (unpaired) electrons. The summed E-state index contributed by atoms with van der Waals surface area (Å²) in [5.41, 5.74) is 0.533. The summed E-state index contributed by atoms with van der Waals surface area (Å²) < 4.78 is 10.7. The maximum Gasteiger partial charge on any atom is 0.338 e. The Labute approximate surface area is 94.6 Å². The first-order chi connectivity index (χ1) is 7.86. The van der Waals surface area contributed by atoms with Crippen LogP contribution in [0.4, 0.5) is 0 Å². The summed E-state index contributed by atoms with van der Waals surface area (Å²) >= 11 is 0. The van der Waals surface area contributed by atoms with Gasteiger partial charge in [0.25, 0.3) is 0 Å². The minimum Gasteiger partial charge on any atom is -0.459 e. The second-order valence-electron chi connectivity index (χ2n) is 3.82. The smallest absolute Gasteiger partial charge is 0.338 e. The third kappa shape index (κ3) is 3.03. The SMILES string of the molecule is O=C(OCC1CCCCO1)c1ccncc1. The fraction of sp³-hybridized carbons (Fsp3) is 0.500. The van der Waals surface area contributed by atoms with Crippen molar-refractivity contribution in [3.63, 3.8) is 0 Å². The van der Waals surface area contributed by atoms with Crippen molar-refractivity contribution in [3.8, 4) is 0 Å². The van der Waals surface area contributed by atoms with Gasteiger partial charge in [-0.3, -0.25) is 4.98 Å². The number of rotatable bonds is 3. The molecule has 1 aliphatic heterocycles. The molecule has 1 atom stereocenters. The van der Waals surface area contributed by atoms with Crippen LogP contribution in [-0.2, 0) is 9.47 Å². The first-order valence-electron chi connectivity index (χ1n) is 5.55. The van der Waals surface area contributed by atoms with E-state index < -0.39 is 0 Å². The lowest BCUT2D eigenvalue weighted by Gasteiger charge is -2.21. The summed E-state index contributed by atoms with van der Waals surface area (Å²) in [5.74, 6) is -0.309. The number of hydrogen-bond donors (Lipinski definition) is 0. The van der Waals surface area contributed by atoms with Gasteiger partial charge in [-0.1, -0.05) is 0 Å². The predicted octanol–water partition coefficient (Wildman–Crippen LogP) is 1.81. The summed E-state index contributed by atoms with van der Waals surface area (Å²) in [6.45, 7) is 1.12. The zero-order valence-corrected chi connectivity index (χ0v) is 9.09. The zero-order valence-electron chi connectivity index (χ0n) is 9.09. The molecule has 2 rings (SSSR count). The molecule has 0 spiro atoms. The number of esters is 1. The molecule has 1 aromatic rings. The van der Waals surface area contributed by atoms with Crippen molar-refractivity contribution < 1.29 is 14.3 Å². The molecule has 0 aliphatic carbocycles. The lowest BCUT2D eigenvalue weighted by molar-refractivity contribution is -0.0300. The Morgan fingerprint density at radius 1 is 1.44 bits per heavy atom. The van der Waals surface area contributed by atoms with Crippen molar-refractivity contribution in [2.75, 3.05) is 13.2 Å². The quantitative estimate of drug-likeness (QED) is 0.730. The van der Waals surface area contributed by atoms with Gasteiger partial charge in [0.15, 0.2) is 0 Å². The van der Waals surface area contributed by atoms with Gasteiger partial charge in [0.05, 0.1) is 11.7 Å². The van der Waals surface area contributed by atoms with E-state index in [-0.39, 0.29) is 12.1 Å². The number of hydrogen-bond acceptors (Lipinski definition) is 4. The second kappa shape index (κ2) is 5.61. The van der Waals surface area contributed by atoms with Crippen LogP contribution in [-0.4, -0.2) is 30.3 Å². The minimum absolute atomic E-state index is 0.0690. The topological polar surface area (TPSA) is 48.4 Å². The Kier molecular flexibility index (Phi) is 3.88. The molecule has 4 nitrogen and oxygen atoms in total. The Morgan fingerprint density at radius 2 is 2.25 bits per heavy atom. The van der Waals surface area contributed by atoms with E-state index in [1.54, 1.807) is 24.5 Å². The van der Waals surface area contributed by atoms with Gasteiger partial charge in [0.1, 0.15) is 6.61 Å². The molecule has 0 aromatic carbocycles. The molecule has 4 heteroatoms. The first-order valence-corrected chi connectivity index (χ1v) is 5.55. The fourth-order valence-electron chi connectivity index (χ4n) is 1.68. The average Bonchev–Trinajstić information content (AvgIpc) is 2.38. The average molecular weight is 221 g/mol. The van der Waals surface area contributed by atoms with E-state index in [1.165, 1.54) is 0 Å². The molecule has 1 unspecified atom stereocenters. The molecular weight excluding hydrogens is 206 g/mol. The number of carbonyl (C=O) groups excluding carboxylic acids is 1. The van der Waals surface area contributed by atoms with Crippen LogP contribution in [0.2, 0.25) is 0 Å². The van der Waals surface area contributed by atoms with Gasteiger partial charge < -0.3 is 9.47 Å². The van der Waals surface area contributed by atoms with Gasteiger partial charge in [-0.05, 0) is 31.4 Å². The van der Waals surface area contributed by atoms with Crippen LogP contribution in [0.25, 0.3) is 0 Å². The summed E-state index contributed by atoms with van der Waals surface area (Å²) in [7, 11) is 0. The number of ether oxygens (including phenoxy) is 2. The van der Waals surface area contributed by atoms with Crippen LogP contribution in [0, 0.1) is 0 Å². The molecule has 86 valence electrons. The third-order valence-electron chi connectivity index (χ3n) is 2.59. The van der Waals surface area contributed by atoms with E-state index >= 15 is 0 Å². The highest BCUT2D eigenvalue weighted by atomic mass is 16.6. The number of nitrogens with zero attached hydrogens (tertiary/aromatic N) is 1. The van der Waals surface area contributed by atoms with Gasteiger partial charge in [-0.2, -0.15) is 0 Å². The van der Waals surface area contributed by atoms with Crippen molar-refractivity contribution in [2.45, 2.75) is 25.4 Å². The van der Waals surface area contributed by atoms with Crippen LogP contribution in [0.15, 0.2) is 24.5 Å². The molecule has 1 aromatic heterocycles. The van der Waals surface area contributed by atoms with Gasteiger partial charge in [-0.15, -0.1) is 0 Å². The zero-order chi connectivity index (χ0) is 11.2. The fourth-order valence-corrected chi connectivity index (χ4v) is 1.68. The normalized spacial score (nSPS) is 20.4. The molecule has 2 heterocycles. The molecule has 0 N–H and O–H groups in total. The number of pyridine rings is 1. The van der Waals surface area contributed by atoms with Crippen LogP contribution in [0.1, 0.15) is 29.6 Å². The Balaban J connectivity index is 1.79. The van der Waals surface area contributed by atoms with Crippen LogP contribution in [0.5, 0.6) is 0 Å². The van der Waals surface area contributed by atoms with E-state index in [0.29, 0.717) is 12.2 Å². The number of carbonyl (C=O) groups is 1. The molecule has 0 saturated carbocycles. The molecule has 1 aliphatic rings. The maximum atomic E-state index is 11.6. The van der Waals surface area contributed by atoms with Gasteiger partial charge in [0, 0.05) is 19.0 Å². The van der Waals surface area contributed by atoms with E-state index in [0.717, 1.165) is 25.9 Å². The summed E-state index contributed by atoms with van der Waals surface area (Å²) in [5, 5.41) is 0. The highest BCUT2D eigenvalue weighted by Crippen LogP contribution is 2.13. The predicted molar refractivity (Wildman–Crippen MR) is 58.1 cm³/mol. The van der Waals surface area contributed by atoms with Crippen molar-refractivity contribution >= 4 is 5.97 Å². The van der Waals surface area contributed by atoms with Gasteiger partial charge in [0.2, 0.25) is 0 Å². The summed E-state index contributed by atoms with van der Waals surface area (Å²) in [6.07, 6.45) is 6.46. The minimum atomic E-state index is -0.309. The molecule has 16 heavy (non-hydrogen) atoms. The third-order valence-corrected chi connectivity index (χ3v) is 2.59. The number of aromatic nitrogens is 1. The molecule has 1 fully saturated rings. The van der Waals surface area contributed by atoms with Gasteiger partial charge >= 0.3 is 5.97 Å². The second-order valence-corrected chi connectivity index (χ2v) is 3.82. The van der Waals surface area contributed by atoms with Crippen molar-refractivity contribution in [1.82, 2.24) is 4.98 Å². The molecular formula is C12H15NO3. The van der Waals surface area contributed by atoms with E-state index in [4.69, 9.17) is 9.47 Å². The van der Waals surface area contributed by atoms with Crippen molar-refractivity contribution in [2.24, 2.45) is 0 Å². The highest BCUT2D eigenvalue weighted by Gasteiger charge is 2.16. The van der Waals surface area contributed by atoms with Gasteiger partial charge in [-0.25, -0.2) is 4.79 Å². The molecule has 0 bridgehead atoms. The molecule has 0 amide bonds.